The first kappa shape index (κ1) is 21.5. The standard InChI is InChI=1S/C19H33N3O2S/c1-7-16-8-10-17(11-9-16)15(2)22-18(20-5)21-14-19(3,4)12-13-25(6,23)24/h8-11,15H,7,12-14H2,1-6H3,(H2,20,21,22). The van der Waals surface area contributed by atoms with Crippen LogP contribution >= 0.6 is 0 Å². The first-order valence-corrected chi connectivity index (χ1v) is 10.9. The maximum Gasteiger partial charge on any atom is 0.191 e. The fourth-order valence-electron chi connectivity index (χ4n) is 2.40. The lowest BCUT2D eigenvalue weighted by Gasteiger charge is -2.27. The Hall–Kier alpha value is -1.56. The monoisotopic (exact) mass is 367 g/mol. The van der Waals surface area contributed by atoms with Crippen LogP contribution in [0.15, 0.2) is 29.3 Å². The van der Waals surface area contributed by atoms with Gasteiger partial charge in [0, 0.05) is 19.8 Å². The average molecular weight is 368 g/mol. The van der Waals surface area contributed by atoms with Gasteiger partial charge in [-0.1, -0.05) is 45.0 Å². The van der Waals surface area contributed by atoms with Crippen molar-refractivity contribution in [2.75, 3.05) is 25.6 Å². The molecule has 6 heteroatoms. The van der Waals surface area contributed by atoms with Crippen molar-refractivity contribution in [1.82, 2.24) is 10.6 Å². The van der Waals surface area contributed by atoms with Crippen LogP contribution in [0.25, 0.3) is 0 Å². The Bertz CT molecular complexity index is 664. The Kier molecular flexibility index (Phi) is 7.93. The molecule has 2 N–H and O–H groups in total. The van der Waals surface area contributed by atoms with Crippen molar-refractivity contribution in [2.45, 2.75) is 46.6 Å². The smallest absolute Gasteiger partial charge is 0.191 e. The summed E-state index contributed by atoms with van der Waals surface area (Å²) in [4.78, 5) is 4.28. The number of aliphatic imine (C=N–C) groups is 1. The van der Waals surface area contributed by atoms with Gasteiger partial charge in [0.15, 0.2) is 5.96 Å². The molecule has 25 heavy (non-hydrogen) atoms. The van der Waals surface area contributed by atoms with E-state index in [1.807, 2.05) is 0 Å². The predicted molar refractivity (Wildman–Crippen MR) is 107 cm³/mol. The van der Waals surface area contributed by atoms with Crippen LogP contribution in [-0.4, -0.2) is 40.0 Å². The summed E-state index contributed by atoms with van der Waals surface area (Å²) < 4.78 is 22.7. The van der Waals surface area contributed by atoms with Gasteiger partial charge in [-0.3, -0.25) is 4.99 Å². The molecule has 0 saturated heterocycles. The van der Waals surface area contributed by atoms with Crippen molar-refractivity contribution in [3.8, 4) is 0 Å². The third kappa shape index (κ3) is 8.38. The lowest BCUT2D eigenvalue weighted by molar-refractivity contribution is 0.348. The van der Waals surface area contributed by atoms with Gasteiger partial charge in [-0.25, -0.2) is 8.42 Å². The highest BCUT2D eigenvalue weighted by Gasteiger charge is 2.21. The quantitative estimate of drug-likeness (QED) is 0.547. The number of guanidine groups is 1. The zero-order chi connectivity index (χ0) is 19.1. The lowest BCUT2D eigenvalue weighted by Crippen LogP contribution is -2.43. The van der Waals surface area contributed by atoms with Gasteiger partial charge in [-0.2, -0.15) is 0 Å². The second kappa shape index (κ2) is 9.22. The minimum absolute atomic E-state index is 0.132. The molecule has 0 saturated carbocycles. The fraction of sp³-hybridized carbons (Fsp3) is 0.632. The van der Waals surface area contributed by atoms with Crippen LogP contribution < -0.4 is 10.6 Å². The number of nitrogens with zero attached hydrogens (tertiary/aromatic N) is 1. The molecule has 142 valence electrons. The molecule has 0 amide bonds. The lowest BCUT2D eigenvalue weighted by atomic mass is 9.90. The van der Waals surface area contributed by atoms with Gasteiger partial charge in [-0.05, 0) is 36.3 Å². The third-order valence-electron chi connectivity index (χ3n) is 4.35. The van der Waals surface area contributed by atoms with Crippen LogP contribution in [0.3, 0.4) is 0 Å². The van der Waals surface area contributed by atoms with Gasteiger partial charge in [-0.15, -0.1) is 0 Å². The highest BCUT2D eigenvalue weighted by atomic mass is 32.2. The minimum Gasteiger partial charge on any atom is -0.356 e. The number of rotatable bonds is 8. The fourth-order valence-corrected chi connectivity index (χ4v) is 3.32. The first-order valence-electron chi connectivity index (χ1n) is 8.80. The van der Waals surface area contributed by atoms with Crippen LogP contribution in [-0.2, 0) is 16.3 Å². The Balaban J connectivity index is 2.58. The van der Waals surface area contributed by atoms with E-state index in [9.17, 15) is 8.42 Å². The molecule has 0 aliphatic heterocycles. The van der Waals surface area contributed by atoms with Gasteiger partial charge >= 0.3 is 0 Å². The molecule has 1 aromatic rings. The zero-order valence-electron chi connectivity index (χ0n) is 16.4. The summed E-state index contributed by atoms with van der Waals surface area (Å²) >= 11 is 0. The Morgan fingerprint density at radius 2 is 1.84 bits per heavy atom. The topological polar surface area (TPSA) is 70.6 Å². The van der Waals surface area contributed by atoms with E-state index in [1.54, 1.807) is 7.05 Å². The van der Waals surface area contributed by atoms with Crippen LogP contribution in [0.2, 0.25) is 0 Å². The number of hydrogen-bond donors (Lipinski definition) is 2. The van der Waals surface area contributed by atoms with Crippen molar-refractivity contribution < 1.29 is 8.42 Å². The first-order chi connectivity index (χ1) is 11.6. The van der Waals surface area contributed by atoms with Gasteiger partial charge in [0.25, 0.3) is 0 Å². The summed E-state index contributed by atoms with van der Waals surface area (Å²) in [6, 6.07) is 8.71. The summed E-state index contributed by atoms with van der Waals surface area (Å²) in [6.07, 6.45) is 2.93. The predicted octanol–water partition coefficient (Wildman–Crippen LogP) is 2.94. The van der Waals surface area contributed by atoms with E-state index in [4.69, 9.17) is 0 Å². The van der Waals surface area contributed by atoms with Crippen LogP contribution in [0, 0.1) is 5.41 Å². The van der Waals surface area contributed by atoms with Gasteiger partial charge in [0.05, 0.1) is 11.8 Å². The van der Waals surface area contributed by atoms with E-state index in [-0.39, 0.29) is 17.2 Å². The van der Waals surface area contributed by atoms with Crippen LogP contribution in [0.5, 0.6) is 0 Å². The number of sulfone groups is 1. The van der Waals surface area contributed by atoms with Crippen molar-refractivity contribution in [1.29, 1.82) is 0 Å². The zero-order valence-corrected chi connectivity index (χ0v) is 17.2. The molecule has 0 spiro atoms. The van der Waals surface area contributed by atoms with Crippen molar-refractivity contribution in [3.05, 3.63) is 35.4 Å². The molecule has 0 fully saturated rings. The van der Waals surface area contributed by atoms with Crippen LogP contribution in [0.1, 0.15) is 51.3 Å². The summed E-state index contributed by atoms with van der Waals surface area (Å²) in [7, 11) is -1.19. The van der Waals surface area contributed by atoms with Crippen molar-refractivity contribution in [2.24, 2.45) is 10.4 Å². The molecule has 0 aliphatic carbocycles. The van der Waals surface area contributed by atoms with Crippen LogP contribution in [0.4, 0.5) is 0 Å². The van der Waals surface area contributed by atoms with Crippen molar-refractivity contribution in [3.63, 3.8) is 0 Å². The highest BCUT2D eigenvalue weighted by molar-refractivity contribution is 7.90. The van der Waals surface area contributed by atoms with E-state index in [2.05, 4.69) is 67.6 Å². The number of benzene rings is 1. The molecule has 1 rings (SSSR count). The van der Waals surface area contributed by atoms with E-state index >= 15 is 0 Å². The Morgan fingerprint density at radius 3 is 2.32 bits per heavy atom. The van der Waals surface area contributed by atoms with Gasteiger partial charge < -0.3 is 10.6 Å². The van der Waals surface area contributed by atoms with E-state index < -0.39 is 9.84 Å². The molecule has 0 aliphatic rings. The molecule has 0 heterocycles. The van der Waals surface area contributed by atoms with Gasteiger partial charge in [0.2, 0.25) is 0 Å². The maximum absolute atomic E-state index is 11.4. The number of aryl methyl sites for hydroxylation is 1. The molecule has 1 aromatic carbocycles. The van der Waals surface area contributed by atoms with E-state index in [0.717, 1.165) is 12.4 Å². The number of nitrogens with one attached hydrogen (secondary N) is 2. The molecule has 1 atom stereocenters. The second-order valence-electron chi connectivity index (χ2n) is 7.43. The van der Waals surface area contributed by atoms with Gasteiger partial charge in [0.1, 0.15) is 9.84 Å². The number of hydrogen-bond acceptors (Lipinski definition) is 3. The average Bonchev–Trinajstić information content (AvgIpc) is 2.56. The van der Waals surface area contributed by atoms with Crippen molar-refractivity contribution >= 4 is 15.8 Å². The molecular weight excluding hydrogens is 334 g/mol. The summed E-state index contributed by atoms with van der Waals surface area (Å²) in [5, 5.41) is 6.70. The largest absolute Gasteiger partial charge is 0.356 e. The second-order valence-corrected chi connectivity index (χ2v) is 9.69. The third-order valence-corrected chi connectivity index (χ3v) is 5.29. The SMILES string of the molecule is CCc1ccc(C(C)NC(=NC)NCC(C)(C)CCS(C)(=O)=O)cc1. The molecule has 0 aromatic heterocycles. The van der Waals surface area contributed by atoms with E-state index in [0.29, 0.717) is 13.0 Å². The summed E-state index contributed by atoms with van der Waals surface area (Å²) in [5.74, 6) is 0.924. The summed E-state index contributed by atoms with van der Waals surface area (Å²) in [6.45, 7) is 9.02. The summed E-state index contributed by atoms with van der Waals surface area (Å²) in [5.41, 5.74) is 2.40. The molecule has 0 bridgehead atoms. The maximum atomic E-state index is 11.4. The Labute approximate surface area is 153 Å². The van der Waals surface area contributed by atoms with E-state index in [1.165, 1.54) is 17.4 Å². The molecule has 1 unspecified atom stereocenters. The Morgan fingerprint density at radius 1 is 1.24 bits per heavy atom. The highest BCUT2D eigenvalue weighted by Crippen LogP contribution is 2.20. The molecule has 5 nitrogen and oxygen atoms in total. The minimum atomic E-state index is -2.94. The normalized spacial score (nSPS) is 14.2. The molecule has 0 radical (unpaired) electrons. The molecular formula is C19H33N3O2S.